The van der Waals surface area contributed by atoms with Crippen LogP contribution in [0.25, 0.3) is 32.3 Å². The third kappa shape index (κ3) is 4.15. The van der Waals surface area contributed by atoms with Gasteiger partial charge in [0.05, 0.1) is 0 Å². The van der Waals surface area contributed by atoms with Crippen molar-refractivity contribution < 1.29 is 0 Å². The van der Waals surface area contributed by atoms with Gasteiger partial charge in [0.2, 0.25) is 6.71 Å². The van der Waals surface area contributed by atoms with Crippen molar-refractivity contribution >= 4 is 55.4 Å². The van der Waals surface area contributed by atoms with Crippen LogP contribution in [0.15, 0.2) is 72.8 Å². The van der Waals surface area contributed by atoms with Crippen molar-refractivity contribution in [3.05, 3.63) is 112 Å². The first kappa shape index (κ1) is 25.7. The molecule has 6 rings (SSSR count). The van der Waals surface area contributed by atoms with E-state index in [9.17, 15) is 0 Å². The summed E-state index contributed by atoms with van der Waals surface area (Å²) in [5.74, 6) is 0. The third-order valence-corrected chi connectivity index (χ3v) is 8.86. The van der Waals surface area contributed by atoms with E-state index < -0.39 is 0 Å². The quantitative estimate of drug-likeness (QED) is 0.167. The van der Waals surface area contributed by atoms with Crippen molar-refractivity contribution in [2.24, 2.45) is 0 Å². The van der Waals surface area contributed by atoms with Gasteiger partial charge in [-0.05, 0) is 84.8 Å². The monoisotopic (exact) mass is 506 g/mol. The zero-order chi connectivity index (χ0) is 27.8. The highest BCUT2D eigenvalue weighted by Crippen LogP contribution is 2.37. The van der Waals surface area contributed by atoms with Crippen molar-refractivity contribution in [1.29, 1.82) is 0 Å². The molecule has 0 fully saturated rings. The number of hydrogen-bond acceptors (Lipinski definition) is 0. The molecule has 1 heteroatoms. The van der Waals surface area contributed by atoms with Gasteiger partial charge in [0.15, 0.2) is 0 Å². The molecule has 0 unspecified atom stereocenters. The van der Waals surface area contributed by atoms with Gasteiger partial charge in [-0.25, -0.2) is 0 Å². The second-order valence-corrected chi connectivity index (χ2v) is 13.0. The van der Waals surface area contributed by atoms with Crippen LogP contribution in [0.3, 0.4) is 0 Å². The van der Waals surface area contributed by atoms with E-state index in [-0.39, 0.29) is 12.1 Å². The summed E-state index contributed by atoms with van der Waals surface area (Å²) in [6, 6.07) is 28.4. The van der Waals surface area contributed by atoms with E-state index in [1.54, 1.807) is 0 Å². The molecule has 39 heavy (non-hydrogen) atoms. The smallest absolute Gasteiger partial charge is 0.0657 e. The normalized spacial score (nSPS) is 12.2. The first-order valence-electron chi connectivity index (χ1n) is 14.3. The molecule has 0 spiro atoms. The van der Waals surface area contributed by atoms with Crippen LogP contribution in [0.4, 0.5) is 0 Å². The van der Waals surface area contributed by atoms with Crippen LogP contribution < -0.4 is 16.4 Å². The third-order valence-electron chi connectivity index (χ3n) is 8.86. The van der Waals surface area contributed by atoms with E-state index >= 15 is 0 Å². The van der Waals surface area contributed by atoms with Crippen LogP contribution in [0, 0.1) is 41.5 Å². The van der Waals surface area contributed by atoms with E-state index in [0.29, 0.717) is 0 Å². The van der Waals surface area contributed by atoms with Crippen LogP contribution in [0.1, 0.15) is 59.7 Å². The van der Waals surface area contributed by atoms with Gasteiger partial charge in [0.25, 0.3) is 0 Å². The number of rotatable bonds is 3. The minimum Gasteiger partial charge on any atom is -0.0657 e. The Hall–Kier alpha value is -3.58. The molecule has 0 amide bonds. The van der Waals surface area contributed by atoms with Crippen molar-refractivity contribution in [3.8, 4) is 0 Å². The molecule has 0 bridgehead atoms. The summed E-state index contributed by atoms with van der Waals surface area (Å²) in [5.41, 5.74) is 13.9. The highest BCUT2D eigenvalue weighted by atomic mass is 14.2. The first-order chi connectivity index (χ1) is 18.4. The van der Waals surface area contributed by atoms with E-state index in [0.717, 1.165) is 0 Å². The second-order valence-electron chi connectivity index (χ2n) is 13.0. The van der Waals surface area contributed by atoms with Crippen LogP contribution in [0.2, 0.25) is 0 Å². The van der Waals surface area contributed by atoms with Crippen molar-refractivity contribution in [2.75, 3.05) is 0 Å². The summed E-state index contributed by atoms with van der Waals surface area (Å²) in [7, 11) is 0. The summed E-state index contributed by atoms with van der Waals surface area (Å²) in [6.45, 7) is 20.7. The molecule has 0 nitrogen and oxygen atoms in total. The molecule has 0 atom stereocenters. The molecule has 194 valence electrons. The highest BCUT2D eigenvalue weighted by molar-refractivity contribution is 6.98. The zero-order valence-electron chi connectivity index (χ0n) is 25.0. The van der Waals surface area contributed by atoms with Gasteiger partial charge >= 0.3 is 0 Å². The average molecular weight is 507 g/mol. The Morgan fingerprint density at radius 1 is 0.487 bits per heavy atom. The first-order valence-corrected chi connectivity index (χ1v) is 14.3. The van der Waals surface area contributed by atoms with Gasteiger partial charge in [-0.15, -0.1) is 0 Å². The number of hydrogen-bond donors (Lipinski definition) is 0. The molecule has 0 N–H and O–H groups in total. The van der Waals surface area contributed by atoms with Crippen LogP contribution >= 0.6 is 0 Å². The zero-order valence-corrected chi connectivity index (χ0v) is 25.0. The van der Waals surface area contributed by atoms with Crippen molar-refractivity contribution in [1.82, 2.24) is 0 Å². The van der Waals surface area contributed by atoms with Gasteiger partial charge in [-0.1, -0.05) is 143 Å². The van der Waals surface area contributed by atoms with E-state index in [2.05, 4.69) is 135 Å². The summed E-state index contributed by atoms with van der Waals surface area (Å²) in [6.07, 6.45) is 0. The second kappa shape index (κ2) is 8.99. The van der Waals surface area contributed by atoms with Crippen LogP contribution in [-0.4, -0.2) is 6.71 Å². The summed E-state index contributed by atoms with van der Waals surface area (Å²) in [5, 5.41) is 8.18. The Morgan fingerprint density at radius 2 is 0.923 bits per heavy atom. The largest absolute Gasteiger partial charge is 0.243 e. The SMILES string of the molecule is Cc1cc(C)c(B(c2c(C)cc(C)cc2C)c2ccc3ccc4cc(C(C)(C)C)cc5ccc2c3c45)c(C)c1. The molecule has 6 aromatic rings. The fourth-order valence-corrected chi connectivity index (χ4v) is 7.28. The molecule has 0 saturated carbocycles. The Morgan fingerprint density at radius 3 is 1.41 bits per heavy atom. The van der Waals surface area contributed by atoms with Crippen LogP contribution in [-0.2, 0) is 5.41 Å². The number of benzene rings is 6. The molecule has 0 saturated heterocycles. The van der Waals surface area contributed by atoms with Gasteiger partial charge in [0.1, 0.15) is 0 Å². The Kier molecular flexibility index (Phi) is 5.92. The number of aryl methyl sites for hydroxylation is 6. The van der Waals surface area contributed by atoms with Crippen LogP contribution in [0.5, 0.6) is 0 Å². The lowest BCUT2D eigenvalue weighted by Crippen LogP contribution is -2.56. The van der Waals surface area contributed by atoms with Gasteiger partial charge < -0.3 is 0 Å². The molecule has 0 aliphatic heterocycles. The Bertz CT molecular complexity index is 1770. The van der Waals surface area contributed by atoms with E-state index in [1.165, 1.54) is 87.6 Å². The van der Waals surface area contributed by atoms with Gasteiger partial charge in [-0.3, -0.25) is 0 Å². The molecule has 0 heterocycles. The van der Waals surface area contributed by atoms with Crippen molar-refractivity contribution in [3.63, 3.8) is 0 Å². The molecular weight excluding hydrogens is 467 g/mol. The van der Waals surface area contributed by atoms with Gasteiger partial charge in [-0.2, -0.15) is 0 Å². The minimum atomic E-state index is 0.113. The lowest BCUT2D eigenvalue weighted by Gasteiger charge is -2.26. The molecule has 0 aliphatic rings. The summed E-state index contributed by atoms with van der Waals surface area (Å²) in [4.78, 5) is 0. The van der Waals surface area contributed by atoms with Gasteiger partial charge in [0, 0.05) is 0 Å². The maximum atomic E-state index is 2.41. The maximum Gasteiger partial charge on any atom is 0.243 e. The van der Waals surface area contributed by atoms with E-state index in [1.807, 2.05) is 0 Å². The average Bonchev–Trinajstić information content (AvgIpc) is 2.84. The highest BCUT2D eigenvalue weighted by Gasteiger charge is 2.30. The topological polar surface area (TPSA) is 0 Å². The molecule has 0 aromatic heterocycles. The Labute approximate surface area is 234 Å². The maximum absolute atomic E-state index is 2.41. The van der Waals surface area contributed by atoms with Crippen molar-refractivity contribution in [2.45, 2.75) is 67.7 Å². The summed E-state index contributed by atoms with van der Waals surface area (Å²) >= 11 is 0. The lowest BCUT2D eigenvalue weighted by molar-refractivity contribution is 0.591. The fourth-order valence-electron chi connectivity index (χ4n) is 7.28. The summed E-state index contributed by atoms with van der Waals surface area (Å²) < 4.78 is 0. The molecular formula is C38H39B. The Balaban J connectivity index is 1.74. The predicted octanol–water partition coefficient (Wildman–Crippen LogP) is 8.25. The molecule has 6 aromatic carbocycles. The predicted molar refractivity (Wildman–Crippen MR) is 175 cm³/mol. The van der Waals surface area contributed by atoms with E-state index in [4.69, 9.17) is 0 Å². The molecule has 0 radical (unpaired) electrons. The lowest BCUT2D eigenvalue weighted by atomic mass is 9.33. The minimum absolute atomic E-state index is 0.113. The standard InChI is InChI=1S/C38H39B/c1-22-16-24(3)36(25(4)17-22)39(37-26(5)18-23(2)19-27(37)6)33-15-13-28-10-11-29-20-31(38(7,8)9)21-30-12-14-32(33)35(28)34(29)30/h10-21H,1-9H3. The molecule has 0 aliphatic carbocycles. The fraction of sp³-hybridized carbons (Fsp3) is 0.263.